The van der Waals surface area contributed by atoms with Gasteiger partial charge in [0.05, 0.1) is 0 Å². The van der Waals surface area contributed by atoms with E-state index in [0.717, 1.165) is 0 Å². The molecule has 0 bridgehead atoms. The van der Waals surface area contributed by atoms with Gasteiger partial charge >= 0.3 is 0 Å². The molecule has 0 spiro atoms. The van der Waals surface area contributed by atoms with Crippen molar-refractivity contribution in [3.63, 3.8) is 0 Å². The molecular formula is C7H13I. The Balaban J connectivity index is 3.33. The largest absolute Gasteiger partial charge is 0.0988 e. The van der Waals surface area contributed by atoms with Gasteiger partial charge in [0.15, 0.2) is 0 Å². The van der Waals surface area contributed by atoms with Crippen LogP contribution in [0.1, 0.15) is 26.7 Å². The molecule has 1 atom stereocenters. The third-order valence-corrected chi connectivity index (χ3v) is 2.01. The summed E-state index contributed by atoms with van der Waals surface area (Å²) in [6.45, 7) is 8.30. The maximum atomic E-state index is 3.94. The van der Waals surface area contributed by atoms with Gasteiger partial charge in [-0.2, -0.15) is 0 Å². The average Bonchev–Trinajstić information content (AvgIpc) is 1.67. The van der Waals surface area contributed by atoms with Crippen molar-refractivity contribution >= 4 is 22.6 Å². The van der Waals surface area contributed by atoms with Gasteiger partial charge in [-0.05, 0) is 13.3 Å². The van der Waals surface area contributed by atoms with E-state index < -0.39 is 0 Å². The molecule has 8 heavy (non-hydrogen) atoms. The van der Waals surface area contributed by atoms with Gasteiger partial charge in [-0.15, -0.1) is 0 Å². The van der Waals surface area contributed by atoms with Crippen LogP contribution in [0.2, 0.25) is 0 Å². The number of halogens is 1. The summed E-state index contributed by atoms with van der Waals surface area (Å²) in [6, 6.07) is 0. The minimum atomic E-state index is 0.646. The van der Waals surface area contributed by atoms with Crippen LogP contribution >= 0.6 is 22.6 Å². The molecular weight excluding hydrogens is 211 g/mol. The Labute approximate surface area is 65.5 Å². The van der Waals surface area contributed by atoms with Crippen LogP contribution in [0.3, 0.4) is 0 Å². The average molecular weight is 224 g/mol. The van der Waals surface area contributed by atoms with E-state index in [4.69, 9.17) is 0 Å². The molecule has 0 nitrogen and oxygen atoms in total. The summed E-state index contributed by atoms with van der Waals surface area (Å²) in [5.74, 6) is 0. The zero-order valence-electron chi connectivity index (χ0n) is 5.58. The van der Waals surface area contributed by atoms with Gasteiger partial charge < -0.3 is 0 Å². The lowest BCUT2D eigenvalue weighted by Gasteiger charge is -2.03. The van der Waals surface area contributed by atoms with Crippen LogP contribution < -0.4 is 0 Å². The third-order valence-electron chi connectivity index (χ3n) is 1.13. The van der Waals surface area contributed by atoms with E-state index >= 15 is 0 Å². The first-order chi connectivity index (χ1) is 3.68. The summed E-state index contributed by atoms with van der Waals surface area (Å²) in [4.78, 5) is 0. The highest BCUT2D eigenvalue weighted by molar-refractivity contribution is 14.1. The molecule has 0 aliphatic carbocycles. The maximum absolute atomic E-state index is 3.94. The van der Waals surface area contributed by atoms with Crippen LogP contribution in [-0.4, -0.2) is 3.92 Å². The van der Waals surface area contributed by atoms with E-state index in [1.807, 2.05) is 0 Å². The number of alkyl halides is 1. The molecule has 1 heteroatoms. The predicted octanol–water partition coefficient (Wildman–Crippen LogP) is 3.17. The molecule has 48 valence electrons. The van der Waals surface area contributed by atoms with Gasteiger partial charge in [0.1, 0.15) is 0 Å². The third kappa shape index (κ3) is 3.47. The van der Waals surface area contributed by atoms with Crippen molar-refractivity contribution in [2.45, 2.75) is 30.6 Å². The highest BCUT2D eigenvalue weighted by Crippen LogP contribution is 2.14. The SMILES string of the molecule is C=C(CCC)C(C)I. The van der Waals surface area contributed by atoms with Crippen LogP contribution in [0.5, 0.6) is 0 Å². The van der Waals surface area contributed by atoms with Gasteiger partial charge in [0.2, 0.25) is 0 Å². The van der Waals surface area contributed by atoms with Crippen LogP contribution in [0, 0.1) is 0 Å². The van der Waals surface area contributed by atoms with Crippen molar-refractivity contribution in [2.75, 3.05) is 0 Å². The lowest BCUT2D eigenvalue weighted by Crippen LogP contribution is -1.92. The molecule has 0 aromatic carbocycles. The fraction of sp³-hybridized carbons (Fsp3) is 0.714. The Bertz CT molecular complexity index is 74.5. The van der Waals surface area contributed by atoms with Crippen molar-refractivity contribution in [3.8, 4) is 0 Å². The van der Waals surface area contributed by atoms with Crippen molar-refractivity contribution < 1.29 is 0 Å². The van der Waals surface area contributed by atoms with Crippen LogP contribution in [0.15, 0.2) is 12.2 Å². The Kier molecular flexibility index (Phi) is 4.61. The summed E-state index contributed by atoms with van der Waals surface area (Å²) >= 11 is 2.39. The normalized spacial score (nSPS) is 13.4. The molecule has 0 saturated carbocycles. The maximum Gasteiger partial charge on any atom is 0.0287 e. The molecule has 0 aliphatic heterocycles. The minimum absolute atomic E-state index is 0.646. The summed E-state index contributed by atoms with van der Waals surface area (Å²) < 4.78 is 0.646. The summed E-state index contributed by atoms with van der Waals surface area (Å²) in [5.41, 5.74) is 1.37. The summed E-state index contributed by atoms with van der Waals surface area (Å²) in [7, 11) is 0. The zero-order valence-corrected chi connectivity index (χ0v) is 7.73. The first-order valence-corrected chi connectivity index (χ1v) is 4.24. The van der Waals surface area contributed by atoms with Gasteiger partial charge in [-0.1, -0.05) is 48.1 Å². The highest BCUT2D eigenvalue weighted by atomic mass is 127. The lowest BCUT2D eigenvalue weighted by atomic mass is 10.1. The molecule has 0 saturated heterocycles. The highest BCUT2D eigenvalue weighted by Gasteiger charge is 1.97. The van der Waals surface area contributed by atoms with Gasteiger partial charge in [0.25, 0.3) is 0 Å². The molecule has 0 radical (unpaired) electrons. The number of hydrogen-bond donors (Lipinski definition) is 0. The molecule has 0 aromatic heterocycles. The van der Waals surface area contributed by atoms with E-state index in [-0.39, 0.29) is 0 Å². The monoisotopic (exact) mass is 224 g/mol. The minimum Gasteiger partial charge on any atom is -0.0988 e. The standard InChI is InChI=1S/C7H13I/c1-4-5-6(2)7(3)8/h7H,2,4-5H2,1,3H3. The van der Waals surface area contributed by atoms with E-state index in [1.165, 1.54) is 18.4 Å². The topological polar surface area (TPSA) is 0 Å². The van der Waals surface area contributed by atoms with Gasteiger partial charge in [-0.3, -0.25) is 0 Å². The van der Waals surface area contributed by atoms with E-state index in [9.17, 15) is 0 Å². The Morgan fingerprint density at radius 1 is 1.75 bits per heavy atom. The van der Waals surface area contributed by atoms with E-state index in [0.29, 0.717) is 3.92 Å². The Morgan fingerprint density at radius 2 is 2.25 bits per heavy atom. The first kappa shape index (κ1) is 8.47. The predicted molar refractivity (Wildman–Crippen MR) is 47.5 cm³/mol. The molecule has 0 fully saturated rings. The van der Waals surface area contributed by atoms with Crippen molar-refractivity contribution in [3.05, 3.63) is 12.2 Å². The zero-order chi connectivity index (χ0) is 6.57. The number of rotatable bonds is 3. The molecule has 0 heterocycles. The molecule has 0 rings (SSSR count). The molecule has 0 amide bonds. The second-order valence-corrected chi connectivity index (χ2v) is 3.89. The van der Waals surface area contributed by atoms with Crippen molar-refractivity contribution in [1.29, 1.82) is 0 Å². The summed E-state index contributed by atoms with van der Waals surface area (Å²) in [5, 5.41) is 0. The second-order valence-electron chi connectivity index (χ2n) is 2.02. The first-order valence-electron chi connectivity index (χ1n) is 3.00. The Morgan fingerprint density at radius 3 is 2.38 bits per heavy atom. The number of allylic oxidation sites excluding steroid dienone is 1. The van der Waals surface area contributed by atoms with Crippen molar-refractivity contribution in [2.24, 2.45) is 0 Å². The lowest BCUT2D eigenvalue weighted by molar-refractivity contribution is 0.880. The summed E-state index contributed by atoms with van der Waals surface area (Å²) in [6.07, 6.45) is 2.41. The van der Waals surface area contributed by atoms with Gasteiger partial charge in [-0.25, -0.2) is 0 Å². The molecule has 0 aliphatic rings. The smallest absolute Gasteiger partial charge is 0.0287 e. The molecule has 1 unspecified atom stereocenters. The van der Waals surface area contributed by atoms with E-state index in [1.54, 1.807) is 0 Å². The number of hydrogen-bond acceptors (Lipinski definition) is 0. The second kappa shape index (κ2) is 4.36. The van der Waals surface area contributed by atoms with Crippen molar-refractivity contribution in [1.82, 2.24) is 0 Å². The van der Waals surface area contributed by atoms with E-state index in [2.05, 4.69) is 43.0 Å². The quantitative estimate of drug-likeness (QED) is 0.392. The molecule has 0 aromatic rings. The Hall–Kier alpha value is 0.470. The van der Waals surface area contributed by atoms with Gasteiger partial charge in [0, 0.05) is 3.92 Å². The fourth-order valence-corrected chi connectivity index (χ4v) is 0.831. The molecule has 0 N–H and O–H groups in total. The van der Waals surface area contributed by atoms with Crippen LogP contribution in [0.4, 0.5) is 0 Å². The van der Waals surface area contributed by atoms with Crippen LogP contribution in [0.25, 0.3) is 0 Å². The fourth-order valence-electron chi connectivity index (χ4n) is 0.520. The van der Waals surface area contributed by atoms with Crippen LogP contribution in [-0.2, 0) is 0 Å².